The summed E-state index contributed by atoms with van der Waals surface area (Å²) in [6, 6.07) is -0.744. The Morgan fingerprint density at radius 2 is 2.24 bits per heavy atom. The molecule has 1 aliphatic heterocycles. The number of aliphatic carboxylic acids is 1. The summed E-state index contributed by atoms with van der Waals surface area (Å²) < 4.78 is 0. The number of carbonyl (C=O) groups is 2. The van der Waals surface area contributed by atoms with Gasteiger partial charge < -0.3 is 15.3 Å². The topological polar surface area (TPSA) is 69.6 Å². The highest BCUT2D eigenvalue weighted by Gasteiger charge is 2.22. The minimum absolute atomic E-state index is 0.0783. The van der Waals surface area contributed by atoms with E-state index in [4.69, 9.17) is 5.11 Å². The number of hydrogen-bond donors (Lipinski definition) is 2. The smallest absolute Gasteiger partial charge is 0.326 e. The molecule has 1 aliphatic rings. The van der Waals surface area contributed by atoms with Gasteiger partial charge in [0.1, 0.15) is 6.04 Å². The average molecular weight is 242 g/mol. The highest BCUT2D eigenvalue weighted by atomic mass is 16.4. The number of carbonyl (C=O) groups excluding carboxylic acids is 1. The van der Waals surface area contributed by atoms with Crippen LogP contribution >= 0.6 is 0 Å². The van der Waals surface area contributed by atoms with Crippen LogP contribution in [0.15, 0.2) is 0 Å². The summed E-state index contributed by atoms with van der Waals surface area (Å²) >= 11 is 0. The lowest BCUT2D eigenvalue weighted by atomic mass is 9.94. The Balaban J connectivity index is 2.30. The van der Waals surface area contributed by atoms with Crippen molar-refractivity contribution in [3.05, 3.63) is 0 Å². The van der Waals surface area contributed by atoms with Crippen molar-refractivity contribution in [2.45, 2.75) is 38.6 Å². The number of carboxylic acids is 1. The second-order valence-corrected chi connectivity index (χ2v) is 4.77. The molecule has 0 radical (unpaired) electrons. The molecule has 1 saturated heterocycles. The number of nitrogens with one attached hydrogen (secondary N) is 1. The van der Waals surface area contributed by atoms with E-state index in [9.17, 15) is 9.59 Å². The van der Waals surface area contributed by atoms with Gasteiger partial charge in [0, 0.05) is 13.5 Å². The monoisotopic (exact) mass is 242 g/mol. The summed E-state index contributed by atoms with van der Waals surface area (Å²) in [4.78, 5) is 23.8. The van der Waals surface area contributed by atoms with Crippen molar-refractivity contribution >= 4 is 11.9 Å². The first-order chi connectivity index (χ1) is 8.02. The summed E-state index contributed by atoms with van der Waals surface area (Å²) in [6.07, 6.45) is 3.63. The van der Waals surface area contributed by atoms with E-state index >= 15 is 0 Å². The molecule has 5 heteroatoms. The molecule has 5 nitrogen and oxygen atoms in total. The maximum atomic E-state index is 11.8. The fourth-order valence-electron chi connectivity index (χ4n) is 2.06. The lowest BCUT2D eigenvalue weighted by Crippen LogP contribution is -2.40. The largest absolute Gasteiger partial charge is 0.480 e. The SMILES string of the molecule is CC(C(=O)O)N(C)C(=O)CCC1CCCNC1. The van der Waals surface area contributed by atoms with Crippen molar-refractivity contribution in [3.8, 4) is 0 Å². The molecule has 0 aromatic rings. The quantitative estimate of drug-likeness (QED) is 0.744. The number of rotatable bonds is 5. The minimum atomic E-state index is -0.958. The maximum Gasteiger partial charge on any atom is 0.326 e. The van der Waals surface area contributed by atoms with Crippen LogP contribution in [-0.4, -0.2) is 48.1 Å². The van der Waals surface area contributed by atoms with Crippen LogP contribution in [0.5, 0.6) is 0 Å². The van der Waals surface area contributed by atoms with Gasteiger partial charge >= 0.3 is 5.97 Å². The van der Waals surface area contributed by atoms with Gasteiger partial charge in [0.15, 0.2) is 0 Å². The van der Waals surface area contributed by atoms with Crippen molar-refractivity contribution in [1.29, 1.82) is 0 Å². The minimum Gasteiger partial charge on any atom is -0.480 e. The Kier molecular flexibility index (Phi) is 5.41. The third-order valence-electron chi connectivity index (χ3n) is 3.50. The lowest BCUT2D eigenvalue weighted by molar-refractivity contribution is -0.148. The number of amides is 1. The van der Waals surface area contributed by atoms with Crippen LogP contribution in [0.4, 0.5) is 0 Å². The van der Waals surface area contributed by atoms with Crippen LogP contribution in [0, 0.1) is 5.92 Å². The Bertz CT molecular complexity index is 275. The zero-order valence-corrected chi connectivity index (χ0v) is 10.6. The maximum absolute atomic E-state index is 11.8. The van der Waals surface area contributed by atoms with E-state index in [-0.39, 0.29) is 5.91 Å². The first-order valence-corrected chi connectivity index (χ1v) is 6.21. The first-order valence-electron chi connectivity index (χ1n) is 6.21. The van der Waals surface area contributed by atoms with E-state index in [0.717, 1.165) is 19.5 Å². The van der Waals surface area contributed by atoms with Gasteiger partial charge in [-0.1, -0.05) is 0 Å². The van der Waals surface area contributed by atoms with E-state index in [2.05, 4.69) is 5.32 Å². The van der Waals surface area contributed by atoms with Crippen molar-refractivity contribution in [3.63, 3.8) is 0 Å². The molecule has 98 valence electrons. The molecule has 1 rings (SSSR count). The van der Waals surface area contributed by atoms with Gasteiger partial charge in [-0.15, -0.1) is 0 Å². The molecule has 2 atom stereocenters. The van der Waals surface area contributed by atoms with E-state index in [1.54, 1.807) is 7.05 Å². The highest BCUT2D eigenvalue weighted by Crippen LogP contribution is 2.16. The van der Waals surface area contributed by atoms with Crippen LogP contribution in [-0.2, 0) is 9.59 Å². The normalized spacial score (nSPS) is 21.9. The van der Waals surface area contributed by atoms with Crippen molar-refractivity contribution in [2.24, 2.45) is 5.92 Å². The molecule has 0 saturated carbocycles. The Morgan fingerprint density at radius 1 is 1.53 bits per heavy atom. The van der Waals surface area contributed by atoms with E-state index in [1.165, 1.54) is 24.7 Å². The third kappa shape index (κ3) is 4.34. The molecule has 1 amide bonds. The second-order valence-electron chi connectivity index (χ2n) is 4.77. The number of piperidine rings is 1. The van der Waals surface area contributed by atoms with Gasteiger partial charge in [-0.2, -0.15) is 0 Å². The predicted octanol–water partition coefficient (Wildman–Crippen LogP) is 0.698. The van der Waals surface area contributed by atoms with Crippen LogP contribution in [0.3, 0.4) is 0 Å². The summed E-state index contributed by atoms with van der Waals surface area (Å²) in [5.41, 5.74) is 0. The average Bonchev–Trinajstić information content (AvgIpc) is 2.35. The summed E-state index contributed by atoms with van der Waals surface area (Å²) in [5, 5.41) is 12.1. The Hall–Kier alpha value is -1.10. The van der Waals surface area contributed by atoms with Gasteiger partial charge in [-0.25, -0.2) is 4.79 Å². The Labute approximate surface area is 102 Å². The number of hydrogen-bond acceptors (Lipinski definition) is 3. The summed E-state index contributed by atoms with van der Waals surface area (Å²) in [6.45, 7) is 3.58. The molecule has 0 aromatic heterocycles. The fraction of sp³-hybridized carbons (Fsp3) is 0.833. The molecular formula is C12H22N2O3. The first kappa shape index (κ1) is 14.0. The van der Waals surface area contributed by atoms with Crippen LogP contribution in [0.1, 0.15) is 32.6 Å². The fourth-order valence-corrected chi connectivity index (χ4v) is 2.06. The molecule has 17 heavy (non-hydrogen) atoms. The van der Waals surface area contributed by atoms with Crippen LogP contribution in [0.2, 0.25) is 0 Å². The second kappa shape index (κ2) is 6.59. The van der Waals surface area contributed by atoms with Crippen molar-refractivity contribution in [1.82, 2.24) is 10.2 Å². The zero-order valence-electron chi connectivity index (χ0n) is 10.6. The third-order valence-corrected chi connectivity index (χ3v) is 3.50. The number of carboxylic acid groups (broad SMARTS) is 1. The molecule has 0 spiro atoms. The highest BCUT2D eigenvalue weighted by molar-refractivity contribution is 5.83. The zero-order chi connectivity index (χ0) is 12.8. The molecule has 0 bridgehead atoms. The molecule has 1 fully saturated rings. The van der Waals surface area contributed by atoms with Crippen molar-refractivity contribution < 1.29 is 14.7 Å². The predicted molar refractivity (Wildman–Crippen MR) is 64.7 cm³/mol. The summed E-state index contributed by atoms with van der Waals surface area (Å²) in [7, 11) is 1.56. The van der Waals surface area contributed by atoms with E-state index in [0.29, 0.717) is 12.3 Å². The summed E-state index contributed by atoms with van der Waals surface area (Å²) in [5.74, 6) is -0.480. The molecule has 0 aromatic carbocycles. The molecule has 0 aliphatic carbocycles. The number of likely N-dealkylation sites (N-methyl/N-ethyl adjacent to an activating group) is 1. The van der Waals surface area contributed by atoms with Gasteiger partial charge in [-0.05, 0) is 45.2 Å². The standard InChI is InChI=1S/C12H22N2O3/c1-9(12(16)17)14(2)11(15)6-5-10-4-3-7-13-8-10/h9-10,13H,3-8H2,1-2H3,(H,16,17). The van der Waals surface area contributed by atoms with Crippen LogP contribution < -0.4 is 5.32 Å². The molecule has 2 N–H and O–H groups in total. The number of nitrogens with zero attached hydrogens (tertiary/aromatic N) is 1. The molecule has 2 unspecified atom stereocenters. The van der Waals surface area contributed by atoms with Crippen molar-refractivity contribution in [2.75, 3.05) is 20.1 Å². The van der Waals surface area contributed by atoms with Gasteiger partial charge in [-0.3, -0.25) is 4.79 Å². The lowest BCUT2D eigenvalue weighted by Gasteiger charge is -2.25. The van der Waals surface area contributed by atoms with E-state index in [1.807, 2.05) is 0 Å². The molecular weight excluding hydrogens is 220 g/mol. The van der Waals surface area contributed by atoms with Gasteiger partial charge in [0.2, 0.25) is 5.91 Å². The molecule has 1 heterocycles. The Morgan fingerprint density at radius 3 is 2.76 bits per heavy atom. The van der Waals surface area contributed by atoms with Gasteiger partial charge in [0.05, 0.1) is 0 Å². The van der Waals surface area contributed by atoms with Crippen LogP contribution in [0.25, 0.3) is 0 Å². The van der Waals surface area contributed by atoms with Gasteiger partial charge in [0.25, 0.3) is 0 Å². The van der Waals surface area contributed by atoms with E-state index < -0.39 is 12.0 Å².